The minimum absolute atomic E-state index is 0.344. The standard InChI is InChI=1S/C28H31ClN2O4/c1-4-20(3)22-10-12-25(13-11-22)34-15-16-35-26-14-9-21(17-27(26)33-5-2)19-30-31-28(32)23-7-6-8-24(29)18-23/h6-14,17-20H,4-5,15-16H2,1-3H3,(H,31,32). The average Bonchev–Trinajstić information content (AvgIpc) is 2.87. The Morgan fingerprint density at radius 3 is 2.46 bits per heavy atom. The molecule has 7 heteroatoms. The Labute approximate surface area is 211 Å². The molecule has 0 bridgehead atoms. The van der Waals surface area contributed by atoms with Crippen LogP contribution in [0.15, 0.2) is 71.8 Å². The van der Waals surface area contributed by atoms with Crippen LogP contribution in [0.3, 0.4) is 0 Å². The number of nitrogens with one attached hydrogen (secondary N) is 1. The largest absolute Gasteiger partial charge is 0.490 e. The number of hydrogen-bond donors (Lipinski definition) is 1. The molecule has 3 aromatic carbocycles. The number of benzene rings is 3. The zero-order chi connectivity index (χ0) is 25.0. The van der Waals surface area contributed by atoms with Crippen molar-refractivity contribution >= 4 is 23.7 Å². The number of halogens is 1. The maximum atomic E-state index is 12.2. The van der Waals surface area contributed by atoms with Crippen molar-refractivity contribution in [3.63, 3.8) is 0 Å². The van der Waals surface area contributed by atoms with E-state index in [4.69, 9.17) is 25.8 Å². The summed E-state index contributed by atoms with van der Waals surface area (Å²) in [5.74, 6) is 2.22. The molecule has 0 saturated heterocycles. The molecular weight excluding hydrogens is 464 g/mol. The van der Waals surface area contributed by atoms with Gasteiger partial charge in [0.05, 0.1) is 12.8 Å². The van der Waals surface area contributed by atoms with Gasteiger partial charge in [0, 0.05) is 10.6 Å². The number of hydrazone groups is 1. The summed E-state index contributed by atoms with van der Waals surface area (Å²) in [6, 6.07) is 20.3. The van der Waals surface area contributed by atoms with Crippen LogP contribution < -0.4 is 19.6 Å². The van der Waals surface area contributed by atoms with Crippen LogP contribution in [0, 0.1) is 0 Å². The first kappa shape index (κ1) is 26.1. The second-order valence-electron chi connectivity index (χ2n) is 7.92. The molecule has 184 valence electrons. The molecule has 0 fully saturated rings. The first-order valence-electron chi connectivity index (χ1n) is 11.7. The highest BCUT2D eigenvalue weighted by molar-refractivity contribution is 6.30. The Hall–Kier alpha value is -3.51. The quantitative estimate of drug-likeness (QED) is 0.178. The van der Waals surface area contributed by atoms with Crippen molar-refractivity contribution in [1.29, 1.82) is 0 Å². The van der Waals surface area contributed by atoms with E-state index in [0.717, 1.165) is 17.7 Å². The highest BCUT2D eigenvalue weighted by Gasteiger charge is 2.08. The van der Waals surface area contributed by atoms with E-state index in [9.17, 15) is 4.79 Å². The Balaban J connectivity index is 1.52. The fourth-order valence-electron chi connectivity index (χ4n) is 3.29. The van der Waals surface area contributed by atoms with Crippen LogP contribution in [0.2, 0.25) is 5.02 Å². The predicted octanol–water partition coefficient (Wildman–Crippen LogP) is 6.47. The maximum Gasteiger partial charge on any atom is 0.271 e. The van der Waals surface area contributed by atoms with Gasteiger partial charge in [0.25, 0.3) is 5.91 Å². The zero-order valence-corrected chi connectivity index (χ0v) is 21.0. The van der Waals surface area contributed by atoms with Crippen molar-refractivity contribution in [2.45, 2.75) is 33.1 Å². The van der Waals surface area contributed by atoms with Gasteiger partial charge in [0.2, 0.25) is 0 Å². The Kier molecular flexibility index (Phi) is 9.99. The van der Waals surface area contributed by atoms with Crippen LogP contribution in [-0.2, 0) is 0 Å². The highest BCUT2D eigenvalue weighted by atomic mass is 35.5. The second kappa shape index (κ2) is 13.4. The number of carbonyl (C=O) groups excluding carboxylic acids is 1. The summed E-state index contributed by atoms with van der Waals surface area (Å²) < 4.78 is 17.4. The van der Waals surface area contributed by atoms with E-state index in [-0.39, 0.29) is 5.91 Å². The molecule has 1 unspecified atom stereocenters. The predicted molar refractivity (Wildman–Crippen MR) is 140 cm³/mol. The van der Waals surface area contributed by atoms with Crippen molar-refractivity contribution in [2.75, 3.05) is 19.8 Å². The lowest BCUT2D eigenvalue weighted by Crippen LogP contribution is -2.17. The summed E-state index contributed by atoms with van der Waals surface area (Å²) in [5.41, 5.74) is 4.99. The van der Waals surface area contributed by atoms with Gasteiger partial charge in [-0.3, -0.25) is 4.79 Å². The smallest absolute Gasteiger partial charge is 0.271 e. The van der Waals surface area contributed by atoms with Crippen LogP contribution in [-0.4, -0.2) is 31.9 Å². The van der Waals surface area contributed by atoms with Crippen LogP contribution in [0.1, 0.15) is 54.6 Å². The minimum Gasteiger partial charge on any atom is -0.490 e. The molecule has 0 radical (unpaired) electrons. The van der Waals surface area contributed by atoms with Crippen molar-refractivity contribution < 1.29 is 19.0 Å². The third-order valence-corrected chi connectivity index (χ3v) is 5.64. The zero-order valence-electron chi connectivity index (χ0n) is 20.3. The maximum absolute atomic E-state index is 12.2. The van der Waals surface area contributed by atoms with Gasteiger partial charge in [-0.1, -0.05) is 43.6 Å². The molecule has 35 heavy (non-hydrogen) atoms. The first-order chi connectivity index (χ1) is 17.0. The van der Waals surface area contributed by atoms with Gasteiger partial charge in [-0.2, -0.15) is 5.10 Å². The number of nitrogens with zero attached hydrogens (tertiary/aromatic N) is 1. The second-order valence-corrected chi connectivity index (χ2v) is 8.36. The molecule has 3 aromatic rings. The minimum atomic E-state index is -0.344. The van der Waals surface area contributed by atoms with Gasteiger partial charge in [-0.15, -0.1) is 0 Å². The van der Waals surface area contributed by atoms with Crippen molar-refractivity contribution in [3.8, 4) is 17.2 Å². The molecule has 0 saturated carbocycles. The molecule has 0 aliphatic rings. The molecular formula is C28H31ClN2O4. The highest BCUT2D eigenvalue weighted by Crippen LogP contribution is 2.28. The molecule has 1 amide bonds. The van der Waals surface area contributed by atoms with Crippen molar-refractivity contribution in [2.24, 2.45) is 5.10 Å². The number of amides is 1. The third-order valence-electron chi connectivity index (χ3n) is 5.41. The normalized spacial score (nSPS) is 11.8. The third kappa shape index (κ3) is 8.04. The Morgan fingerprint density at radius 2 is 1.74 bits per heavy atom. The summed E-state index contributed by atoms with van der Waals surface area (Å²) in [6.45, 7) is 7.57. The lowest BCUT2D eigenvalue weighted by molar-refractivity contribution is 0.0955. The van der Waals surface area contributed by atoms with Gasteiger partial charge in [0.1, 0.15) is 19.0 Å². The number of hydrogen-bond acceptors (Lipinski definition) is 5. The molecule has 0 aliphatic heterocycles. The van der Waals surface area contributed by atoms with Crippen LogP contribution in [0.5, 0.6) is 17.2 Å². The SMILES string of the molecule is CCOc1cc(C=NNC(=O)c2cccc(Cl)c2)ccc1OCCOc1ccc(C(C)CC)cc1. The average molecular weight is 495 g/mol. The van der Waals surface area contributed by atoms with Gasteiger partial charge >= 0.3 is 0 Å². The molecule has 0 spiro atoms. The topological polar surface area (TPSA) is 69.2 Å². The van der Waals surface area contributed by atoms with E-state index in [1.807, 2.05) is 37.3 Å². The van der Waals surface area contributed by atoms with E-state index in [1.54, 1.807) is 30.5 Å². The molecule has 6 nitrogen and oxygen atoms in total. The molecule has 1 atom stereocenters. The van der Waals surface area contributed by atoms with Crippen molar-refractivity contribution in [1.82, 2.24) is 5.43 Å². The van der Waals surface area contributed by atoms with E-state index in [1.165, 1.54) is 5.56 Å². The van der Waals surface area contributed by atoms with Crippen LogP contribution >= 0.6 is 11.6 Å². The van der Waals surface area contributed by atoms with Crippen LogP contribution in [0.25, 0.3) is 0 Å². The Morgan fingerprint density at radius 1 is 0.971 bits per heavy atom. The van der Waals surface area contributed by atoms with E-state index in [2.05, 4.69) is 36.5 Å². The van der Waals surface area contributed by atoms with Crippen molar-refractivity contribution in [3.05, 3.63) is 88.4 Å². The number of rotatable bonds is 12. The van der Waals surface area contributed by atoms with Gasteiger partial charge in [-0.25, -0.2) is 5.43 Å². The van der Waals surface area contributed by atoms with E-state index in [0.29, 0.717) is 47.8 Å². The summed E-state index contributed by atoms with van der Waals surface area (Å²) >= 11 is 5.93. The monoisotopic (exact) mass is 494 g/mol. The van der Waals surface area contributed by atoms with Gasteiger partial charge in [0.15, 0.2) is 11.5 Å². The summed E-state index contributed by atoms with van der Waals surface area (Å²) in [5, 5.41) is 4.52. The van der Waals surface area contributed by atoms with Crippen LogP contribution in [0.4, 0.5) is 0 Å². The lowest BCUT2D eigenvalue weighted by Gasteiger charge is -2.14. The fourth-order valence-corrected chi connectivity index (χ4v) is 3.48. The van der Waals surface area contributed by atoms with E-state index < -0.39 is 0 Å². The Bertz CT molecular complexity index is 1130. The molecule has 0 heterocycles. The van der Waals surface area contributed by atoms with Gasteiger partial charge in [-0.05, 0) is 78.9 Å². The summed E-state index contributed by atoms with van der Waals surface area (Å²) in [4.78, 5) is 12.2. The lowest BCUT2D eigenvalue weighted by atomic mass is 9.99. The molecule has 3 rings (SSSR count). The number of ether oxygens (including phenoxy) is 3. The molecule has 1 N–H and O–H groups in total. The fraction of sp³-hybridized carbons (Fsp3) is 0.286. The number of carbonyl (C=O) groups is 1. The summed E-state index contributed by atoms with van der Waals surface area (Å²) in [7, 11) is 0. The summed E-state index contributed by atoms with van der Waals surface area (Å²) in [6.07, 6.45) is 2.65. The van der Waals surface area contributed by atoms with E-state index >= 15 is 0 Å². The molecule has 0 aliphatic carbocycles. The first-order valence-corrected chi connectivity index (χ1v) is 12.1. The molecule has 0 aromatic heterocycles. The van der Waals surface area contributed by atoms with Gasteiger partial charge < -0.3 is 14.2 Å².